The zero-order valence-corrected chi connectivity index (χ0v) is 12.3. The molecule has 0 radical (unpaired) electrons. The second-order valence-corrected chi connectivity index (χ2v) is 6.44. The molecule has 1 N–H and O–H groups in total. The summed E-state index contributed by atoms with van der Waals surface area (Å²) >= 11 is 1.58. The molecule has 1 saturated carbocycles. The van der Waals surface area contributed by atoms with E-state index in [1.54, 1.807) is 16.2 Å². The van der Waals surface area contributed by atoms with E-state index in [2.05, 4.69) is 5.32 Å². The van der Waals surface area contributed by atoms with Crippen LogP contribution in [-0.2, 0) is 9.59 Å². The van der Waals surface area contributed by atoms with Gasteiger partial charge < -0.3 is 5.32 Å². The van der Waals surface area contributed by atoms with E-state index in [-0.39, 0.29) is 23.9 Å². The first-order valence-electron chi connectivity index (χ1n) is 7.40. The van der Waals surface area contributed by atoms with Crippen LogP contribution in [0.5, 0.6) is 0 Å². The Morgan fingerprint density at radius 2 is 1.90 bits per heavy atom. The number of anilines is 1. The predicted octanol–water partition coefficient (Wildman–Crippen LogP) is 3.01. The summed E-state index contributed by atoms with van der Waals surface area (Å²) in [7, 11) is 0. The summed E-state index contributed by atoms with van der Waals surface area (Å²) in [6, 6.07) is 1.70. The molecule has 1 unspecified atom stereocenters. The number of carbonyl (C=O) groups is 2. The Morgan fingerprint density at radius 1 is 1.15 bits per heavy atom. The van der Waals surface area contributed by atoms with Gasteiger partial charge in [0.25, 0.3) is 5.91 Å². The molecule has 3 rings (SSSR count). The summed E-state index contributed by atoms with van der Waals surface area (Å²) in [6.45, 7) is 0. The molecule has 1 aliphatic carbocycles. The van der Waals surface area contributed by atoms with Gasteiger partial charge in [-0.1, -0.05) is 25.7 Å². The van der Waals surface area contributed by atoms with E-state index >= 15 is 0 Å². The van der Waals surface area contributed by atoms with Gasteiger partial charge in [0.05, 0.1) is 6.42 Å². The molecule has 20 heavy (non-hydrogen) atoms. The summed E-state index contributed by atoms with van der Waals surface area (Å²) in [5.41, 5.74) is 0.934. The molecular formula is C15H20N2O2S. The largest absolute Gasteiger partial charge is 0.373 e. The molecule has 1 atom stereocenters. The first-order chi connectivity index (χ1) is 9.75. The van der Waals surface area contributed by atoms with Gasteiger partial charge in [0, 0.05) is 17.1 Å². The molecule has 1 aromatic rings. The second kappa shape index (κ2) is 5.95. The maximum atomic E-state index is 12.5. The van der Waals surface area contributed by atoms with E-state index in [1.165, 1.54) is 12.8 Å². The number of nitrogens with zero attached hydrogens (tertiary/aromatic N) is 1. The summed E-state index contributed by atoms with van der Waals surface area (Å²) < 4.78 is 0. The quantitative estimate of drug-likeness (QED) is 0.688. The number of nitrogens with one attached hydrogen (secondary N) is 1. The third-order valence-corrected chi connectivity index (χ3v) is 4.92. The van der Waals surface area contributed by atoms with Crippen LogP contribution >= 0.6 is 11.3 Å². The van der Waals surface area contributed by atoms with Crippen LogP contribution in [0.15, 0.2) is 16.8 Å². The highest BCUT2D eigenvalue weighted by Crippen LogP contribution is 2.28. The van der Waals surface area contributed by atoms with E-state index in [4.69, 9.17) is 0 Å². The molecule has 0 aromatic carbocycles. The zero-order valence-electron chi connectivity index (χ0n) is 11.5. The third-order valence-electron chi connectivity index (χ3n) is 4.23. The first kappa shape index (κ1) is 13.6. The lowest BCUT2D eigenvalue weighted by atomic mass is 10.1. The minimum Gasteiger partial charge on any atom is -0.373 e. The first-order valence-corrected chi connectivity index (χ1v) is 8.34. The monoisotopic (exact) mass is 292 g/mol. The van der Waals surface area contributed by atoms with Crippen molar-refractivity contribution in [3.63, 3.8) is 0 Å². The van der Waals surface area contributed by atoms with Crippen molar-refractivity contribution in [1.82, 2.24) is 4.90 Å². The molecule has 1 aliphatic heterocycles. The van der Waals surface area contributed by atoms with Crippen LogP contribution in [0, 0.1) is 0 Å². The van der Waals surface area contributed by atoms with Crippen LogP contribution in [0.25, 0.3) is 0 Å². The number of imide groups is 1. The Kier molecular flexibility index (Phi) is 4.05. The second-order valence-electron chi connectivity index (χ2n) is 5.66. The van der Waals surface area contributed by atoms with Gasteiger partial charge in [-0.2, -0.15) is 11.3 Å². The third kappa shape index (κ3) is 2.73. The molecule has 2 fully saturated rings. The summed E-state index contributed by atoms with van der Waals surface area (Å²) in [5.74, 6) is -0.0391. The van der Waals surface area contributed by atoms with Crippen molar-refractivity contribution < 1.29 is 9.59 Å². The SMILES string of the molecule is O=C1CC(Nc2ccsc2)C(=O)N1C1CCCCCC1. The highest BCUT2D eigenvalue weighted by molar-refractivity contribution is 7.08. The van der Waals surface area contributed by atoms with Gasteiger partial charge >= 0.3 is 0 Å². The highest BCUT2D eigenvalue weighted by atomic mass is 32.1. The van der Waals surface area contributed by atoms with Gasteiger partial charge in [0.2, 0.25) is 5.91 Å². The van der Waals surface area contributed by atoms with Crippen LogP contribution in [0.2, 0.25) is 0 Å². The van der Waals surface area contributed by atoms with Crippen LogP contribution < -0.4 is 5.32 Å². The van der Waals surface area contributed by atoms with E-state index in [1.807, 2.05) is 16.8 Å². The molecule has 1 aromatic heterocycles. The Balaban J connectivity index is 1.69. The summed E-state index contributed by atoms with van der Waals surface area (Å²) in [6.07, 6.45) is 6.96. The van der Waals surface area contributed by atoms with Gasteiger partial charge in [-0.3, -0.25) is 14.5 Å². The normalized spacial score (nSPS) is 25.0. The van der Waals surface area contributed by atoms with Crippen LogP contribution in [0.4, 0.5) is 5.69 Å². The molecule has 0 bridgehead atoms. The van der Waals surface area contributed by atoms with E-state index < -0.39 is 0 Å². The fourth-order valence-electron chi connectivity index (χ4n) is 3.21. The van der Waals surface area contributed by atoms with Crippen LogP contribution in [0.1, 0.15) is 44.9 Å². The number of rotatable bonds is 3. The topological polar surface area (TPSA) is 49.4 Å². The van der Waals surface area contributed by atoms with E-state index in [9.17, 15) is 9.59 Å². The van der Waals surface area contributed by atoms with Crippen molar-refractivity contribution in [2.24, 2.45) is 0 Å². The van der Waals surface area contributed by atoms with Crippen molar-refractivity contribution in [1.29, 1.82) is 0 Å². The molecule has 4 nitrogen and oxygen atoms in total. The maximum Gasteiger partial charge on any atom is 0.252 e. The van der Waals surface area contributed by atoms with Crippen molar-refractivity contribution in [3.8, 4) is 0 Å². The number of carbonyl (C=O) groups excluding carboxylic acids is 2. The lowest BCUT2D eigenvalue weighted by Crippen LogP contribution is -2.42. The lowest BCUT2D eigenvalue weighted by Gasteiger charge is -2.25. The molecule has 2 amide bonds. The number of thiophene rings is 1. The van der Waals surface area contributed by atoms with Crippen molar-refractivity contribution >= 4 is 28.8 Å². The molecule has 1 saturated heterocycles. The maximum absolute atomic E-state index is 12.5. The van der Waals surface area contributed by atoms with E-state index in [0.717, 1.165) is 31.4 Å². The minimum absolute atomic E-state index is 0.00497. The summed E-state index contributed by atoms with van der Waals surface area (Å²) in [5, 5.41) is 7.11. The molecule has 5 heteroatoms. The van der Waals surface area contributed by atoms with Crippen molar-refractivity contribution in [2.75, 3.05) is 5.32 Å². The zero-order chi connectivity index (χ0) is 13.9. The number of amides is 2. The van der Waals surface area contributed by atoms with Gasteiger partial charge in [-0.25, -0.2) is 0 Å². The number of likely N-dealkylation sites (tertiary alicyclic amines) is 1. The summed E-state index contributed by atoms with van der Waals surface area (Å²) in [4.78, 5) is 26.3. The standard InChI is InChI=1S/C15H20N2O2S/c18-14-9-13(16-11-7-8-20-10-11)15(19)17(14)12-5-3-1-2-4-6-12/h7-8,10,12-13,16H,1-6,9H2. The lowest BCUT2D eigenvalue weighted by molar-refractivity contribution is -0.141. The fraction of sp³-hybridized carbons (Fsp3) is 0.600. The molecule has 2 heterocycles. The van der Waals surface area contributed by atoms with Gasteiger partial charge in [-0.15, -0.1) is 0 Å². The van der Waals surface area contributed by atoms with Crippen molar-refractivity contribution in [3.05, 3.63) is 16.8 Å². The van der Waals surface area contributed by atoms with Gasteiger partial charge in [0.15, 0.2) is 0 Å². The average molecular weight is 292 g/mol. The van der Waals surface area contributed by atoms with Crippen LogP contribution in [-0.4, -0.2) is 28.8 Å². The van der Waals surface area contributed by atoms with Gasteiger partial charge in [0.1, 0.15) is 6.04 Å². The molecule has 0 spiro atoms. The Labute approximate surface area is 123 Å². The van der Waals surface area contributed by atoms with E-state index in [0.29, 0.717) is 6.42 Å². The highest BCUT2D eigenvalue weighted by Gasteiger charge is 2.42. The fourth-order valence-corrected chi connectivity index (χ4v) is 3.81. The van der Waals surface area contributed by atoms with Crippen LogP contribution in [0.3, 0.4) is 0 Å². The molecular weight excluding hydrogens is 272 g/mol. The Hall–Kier alpha value is -1.36. The molecule has 2 aliphatic rings. The molecule has 108 valence electrons. The van der Waals surface area contributed by atoms with Crippen molar-refractivity contribution in [2.45, 2.75) is 57.0 Å². The predicted molar refractivity (Wildman–Crippen MR) is 79.7 cm³/mol. The Bertz CT molecular complexity index is 478. The Morgan fingerprint density at radius 3 is 2.55 bits per heavy atom. The smallest absolute Gasteiger partial charge is 0.252 e. The number of hydrogen-bond acceptors (Lipinski definition) is 4. The average Bonchev–Trinajstić information content (AvgIpc) is 2.92. The van der Waals surface area contributed by atoms with Gasteiger partial charge in [-0.05, 0) is 24.3 Å². The number of hydrogen-bond donors (Lipinski definition) is 1. The minimum atomic E-state index is -0.375.